The number of ketones is 1. The van der Waals surface area contributed by atoms with Crippen LogP contribution in [-0.4, -0.2) is 142 Å². The summed E-state index contributed by atoms with van der Waals surface area (Å²) in [7, 11) is -8.75. The fraction of sp³-hybridized carbons (Fsp3) is 0.673. The van der Waals surface area contributed by atoms with Crippen molar-refractivity contribution in [1.82, 2.24) is 0 Å². The summed E-state index contributed by atoms with van der Waals surface area (Å²) < 4.78 is 82.5. The maximum atomic E-state index is 13.4. The van der Waals surface area contributed by atoms with Crippen LogP contribution in [0.5, 0.6) is 0 Å². The van der Waals surface area contributed by atoms with Gasteiger partial charge in [-0.3, -0.25) is 46.9 Å². The molecule has 2 fully saturated rings. The third kappa shape index (κ3) is 21.7. The number of carbonyl (C=O) groups is 6. The van der Waals surface area contributed by atoms with Gasteiger partial charge in [0.25, 0.3) is 18.4 Å². The summed E-state index contributed by atoms with van der Waals surface area (Å²) in [5, 5.41) is 42.0. The predicted molar refractivity (Wildman–Crippen MR) is 280 cm³/mol. The number of primary amides is 1. The van der Waals surface area contributed by atoms with Gasteiger partial charge in [-0.15, -0.1) is 0 Å². The van der Waals surface area contributed by atoms with Crippen LogP contribution in [0.3, 0.4) is 0 Å². The van der Waals surface area contributed by atoms with Crippen molar-refractivity contribution in [3.63, 3.8) is 0 Å². The standard InChI is InChI=1S/C25H39N2O10PS2.C24H37NO12P/c1-24(2,3)22(31)39-12-10-34-38(33,35-11-13-40-23(32)25(4,5)6)36-15-17-18(28)19(29)21(37-17)27-9-7-8-16(14-27)20(26)30;1-15(26)16-9-8-10-25(11-16)20-19(28)18(27)17(37-20)12-34-38(31,35-13-32-21(29)23(2,3)4)36-14-33-22(30)24(5,6)7/h7-9,14,17-19,21,28-29H,10-13,15H2,1-6H3,(H-,26,30);8-11,17-20,27-28H,12-14H2,1-7H3/q;+1/p+1/t17-,18+,19?,21-;17-,18+,19?,20-/m11/s1. The van der Waals surface area contributed by atoms with Gasteiger partial charge in [0.2, 0.25) is 13.6 Å². The van der Waals surface area contributed by atoms with Crippen molar-refractivity contribution in [2.45, 2.75) is 139 Å². The van der Waals surface area contributed by atoms with Gasteiger partial charge in [-0.2, -0.15) is 9.13 Å². The number of carbonyl (C=O) groups excluding carboxylic acids is 6. The number of aromatic nitrogens is 2. The summed E-state index contributed by atoms with van der Waals surface area (Å²) in [6.07, 6.45) is -4.31. The lowest BCUT2D eigenvalue weighted by atomic mass is 9.98. The molecule has 2 aliphatic heterocycles. The lowest BCUT2D eigenvalue weighted by molar-refractivity contribution is -0.766. The molecule has 2 aromatic rings. The molecule has 2 aromatic heterocycles. The van der Waals surface area contributed by atoms with E-state index in [1.54, 1.807) is 101 Å². The Morgan fingerprint density at radius 2 is 0.923 bits per heavy atom. The molecule has 0 spiro atoms. The highest BCUT2D eigenvalue weighted by atomic mass is 32.2. The fourth-order valence-electron chi connectivity index (χ4n) is 6.16. The second kappa shape index (κ2) is 29.4. The number of esters is 2. The number of thioether (sulfide) groups is 2. The van der Waals surface area contributed by atoms with E-state index in [1.165, 1.54) is 46.8 Å². The van der Waals surface area contributed by atoms with Crippen molar-refractivity contribution in [2.24, 2.45) is 27.4 Å². The lowest BCUT2D eigenvalue weighted by Crippen LogP contribution is -2.46. The van der Waals surface area contributed by atoms with Crippen molar-refractivity contribution in [3.8, 4) is 0 Å². The van der Waals surface area contributed by atoms with E-state index < -0.39 is 131 Å². The quantitative estimate of drug-likeness (QED) is 0.0241. The lowest BCUT2D eigenvalue weighted by Gasteiger charge is -2.22. The van der Waals surface area contributed by atoms with Crippen LogP contribution in [0.15, 0.2) is 49.1 Å². The van der Waals surface area contributed by atoms with E-state index in [0.29, 0.717) is 5.56 Å². The molecule has 0 aliphatic carbocycles. The number of nitrogens with two attached hydrogens (primary N) is 1. The first-order valence-electron chi connectivity index (χ1n) is 24.5. The number of rotatable bonds is 24. The fourth-order valence-corrected chi connectivity index (χ4v) is 10.1. The molecule has 4 rings (SSSR count). The van der Waals surface area contributed by atoms with Crippen LogP contribution in [0, 0.1) is 21.7 Å². The van der Waals surface area contributed by atoms with E-state index >= 15 is 0 Å². The minimum atomic E-state index is -4.53. The number of nitrogens with zero attached hydrogens (tertiary/aromatic N) is 2. The second-order valence-corrected chi connectivity index (χ2v) is 27.3. The Bertz CT molecular complexity index is 2400. The molecule has 2 unspecified atom stereocenters. The van der Waals surface area contributed by atoms with Gasteiger partial charge in [-0.1, -0.05) is 65.1 Å². The van der Waals surface area contributed by atoms with E-state index in [2.05, 4.69) is 0 Å². The molecule has 2 saturated heterocycles. The van der Waals surface area contributed by atoms with Crippen LogP contribution in [0.1, 0.15) is 123 Å². The maximum Gasteiger partial charge on any atom is 0.480 e. The number of aliphatic hydroxyl groups is 4. The number of pyridine rings is 2. The van der Waals surface area contributed by atoms with Crippen LogP contribution in [0.25, 0.3) is 0 Å². The topological polar surface area (TPSA) is 344 Å². The first-order valence-corrected chi connectivity index (χ1v) is 29.4. The molecule has 0 saturated carbocycles. The van der Waals surface area contributed by atoms with Gasteiger partial charge in [0.1, 0.15) is 30.0 Å². The SMILES string of the molecule is CC(=O)c1ccc[n+]([C@@H]2O[C@H](COP(=O)(OCOC(=O)C(C)(C)C)OCOC(=O)C(C)(C)C)[C@H](O)C2O)c1.CC(C)(C)C(=O)SCCOP(=O)(OCCSC(=O)C(C)(C)C)OC[C@H]1O[C@@H]([n+]2cccc(C(N)=O)c2)C(O)[C@H]1O. The number of ether oxygens (including phenoxy) is 4. The molecular weight excluding hydrogens is 1110 g/mol. The number of aliphatic hydroxyl groups excluding tert-OH is 4. The molecule has 440 valence electrons. The van der Waals surface area contributed by atoms with Gasteiger partial charge in [0, 0.05) is 34.5 Å². The molecule has 0 radical (unpaired) electrons. The summed E-state index contributed by atoms with van der Waals surface area (Å²) in [5.74, 6) is -1.79. The van der Waals surface area contributed by atoms with E-state index in [9.17, 15) is 58.3 Å². The molecular formula is C49H77N3O22P2S2+2. The van der Waals surface area contributed by atoms with Crippen LogP contribution >= 0.6 is 39.2 Å². The smallest absolute Gasteiger partial charge is 0.437 e. The first-order chi connectivity index (χ1) is 35.9. The second-order valence-electron chi connectivity index (χ2n) is 21.9. The molecule has 1 amide bonds. The van der Waals surface area contributed by atoms with Gasteiger partial charge in [0.05, 0.1) is 42.8 Å². The molecule has 4 heterocycles. The number of hydrogen-bond donors (Lipinski definition) is 5. The van der Waals surface area contributed by atoms with Gasteiger partial charge in [-0.05, 0) is 60.6 Å². The molecule has 29 heteroatoms. The van der Waals surface area contributed by atoms with Crippen molar-refractivity contribution in [2.75, 3.05) is 51.5 Å². The van der Waals surface area contributed by atoms with Crippen LogP contribution in [0.4, 0.5) is 0 Å². The zero-order valence-electron chi connectivity index (χ0n) is 46.2. The Labute approximate surface area is 463 Å². The number of phosphoric ester groups is 2. The summed E-state index contributed by atoms with van der Waals surface area (Å²) in [5.41, 5.74) is 3.02. The number of phosphoric acid groups is 2. The Kier molecular flexibility index (Phi) is 25.9. The molecule has 25 nitrogen and oxygen atoms in total. The third-order valence-corrected chi connectivity index (χ3v) is 16.0. The van der Waals surface area contributed by atoms with E-state index in [4.69, 9.17) is 51.8 Å². The summed E-state index contributed by atoms with van der Waals surface area (Å²) in [6.45, 7) is 18.8. The average molecular weight is 1190 g/mol. The summed E-state index contributed by atoms with van der Waals surface area (Å²) >= 11 is 2.05. The zero-order valence-corrected chi connectivity index (χ0v) is 49.6. The van der Waals surface area contributed by atoms with Crippen molar-refractivity contribution in [1.29, 1.82) is 0 Å². The Morgan fingerprint density at radius 1 is 0.564 bits per heavy atom. The zero-order chi connectivity index (χ0) is 59.2. The highest BCUT2D eigenvalue weighted by Gasteiger charge is 2.51. The monoisotopic (exact) mass is 1190 g/mol. The number of hydrogen-bond acceptors (Lipinski definition) is 24. The molecule has 6 N–H and O–H groups in total. The van der Waals surface area contributed by atoms with Gasteiger partial charge in [0.15, 0.2) is 53.0 Å². The van der Waals surface area contributed by atoms with E-state index in [0.717, 1.165) is 23.5 Å². The van der Waals surface area contributed by atoms with Crippen molar-refractivity contribution in [3.05, 3.63) is 60.2 Å². The predicted octanol–water partition coefficient (Wildman–Crippen LogP) is 4.51. The molecule has 2 aliphatic rings. The minimum Gasteiger partial charge on any atom is -0.437 e. The highest BCUT2D eigenvalue weighted by Crippen LogP contribution is 2.51. The molecule has 0 aromatic carbocycles. The number of amides is 1. The third-order valence-electron chi connectivity index (χ3n) is 10.8. The Hall–Kier alpha value is -3.60. The van der Waals surface area contributed by atoms with Crippen LogP contribution < -0.4 is 14.9 Å². The van der Waals surface area contributed by atoms with Crippen LogP contribution in [0.2, 0.25) is 0 Å². The van der Waals surface area contributed by atoms with Gasteiger partial charge in [-0.25, -0.2) is 18.2 Å². The van der Waals surface area contributed by atoms with Crippen LogP contribution in [-0.2, 0) is 74.4 Å². The van der Waals surface area contributed by atoms with Crippen molar-refractivity contribution < 1.29 is 114 Å². The Balaban J connectivity index is 0.000000411. The van der Waals surface area contributed by atoms with Gasteiger partial charge < -0.3 is 45.1 Å². The largest absolute Gasteiger partial charge is 0.480 e. The van der Waals surface area contributed by atoms with E-state index in [-0.39, 0.29) is 46.3 Å². The summed E-state index contributed by atoms with van der Waals surface area (Å²) in [4.78, 5) is 71.5. The number of Topliss-reactive ketones (excluding diaryl/α,β-unsaturated/α-hetero) is 1. The highest BCUT2D eigenvalue weighted by molar-refractivity contribution is 8.14. The molecule has 78 heavy (non-hydrogen) atoms. The molecule has 0 bridgehead atoms. The van der Waals surface area contributed by atoms with Crippen molar-refractivity contribution >= 4 is 73.0 Å². The molecule has 8 atom stereocenters. The minimum absolute atomic E-state index is 0.0646. The normalized spacial score (nSPS) is 22.1. The van der Waals surface area contributed by atoms with E-state index in [1.807, 2.05) is 0 Å². The van der Waals surface area contributed by atoms with Gasteiger partial charge >= 0.3 is 27.6 Å². The Morgan fingerprint density at radius 3 is 1.27 bits per heavy atom. The average Bonchev–Trinajstić information content (AvgIpc) is 3.80. The summed E-state index contributed by atoms with van der Waals surface area (Å²) in [6, 6.07) is 6.19. The first kappa shape index (κ1) is 68.7. The maximum absolute atomic E-state index is 13.4.